The average Bonchev–Trinajstić information content (AvgIpc) is 3.44. The summed E-state index contributed by atoms with van der Waals surface area (Å²) in [6.45, 7) is 6.52. The van der Waals surface area contributed by atoms with E-state index in [1.807, 2.05) is 0 Å². The van der Waals surface area contributed by atoms with Gasteiger partial charge in [-0.15, -0.1) is 0 Å². The van der Waals surface area contributed by atoms with Crippen LogP contribution < -0.4 is 0 Å². The topological polar surface area (TPSA) is 78.9 Å². The lowest BCUT2D eigenvalue weighted by atomic mass is 10.0. The van der Waals surface area contributed by atoms with Gasteiger partial charge in [0.2, 0.25) is 0 Å². The van der Waals surface area contributed by atoms with Crippen LogP contribution in [-0.4, -0.2) is 37.2 Å². The molecule has 0 bridgehead atoms. The van der Waals surface area contributed by atoms with Crippen molar-refractivity contribution in [3.8, 4) is 0 Å². The van der Waals surface area contributed by atoms with Crippen molar-refractivity contribution in [2.45, 2.75) is 341 Å². The van der Waals surface area contributed by atoms with E-state index in [2.05, 4.69) is 106 Å². The zero-order valence-electron chi connectivity index (χ0n) is 51.7. The van der Waals surface area contributed by atoms with Gasteiger partial charge in [0.05, 0.1) is 0 Å². The van der Waals surface area contributed by atoms with Gasteiger partial charge in [-0.1, -0.05) is 286 Å². The summed E-state index contributed by atoms with van der Waals surface area (Å²) < 4.78 is 16.9. The van der Waals surface area contributed by atoms with Crippen LogP contribution in [0.3, 0.4) is 0 Å². The first kappa shape index (κ1) is 74.6. The second-order valence-corrected chi connectivity index (χ2v) is 22.3. The fourth-order valence-electron chi connectivity index (χ4n) is 9.58. The molecule has 0 radical (unpaired) electrons. The summed E-state index contributed by atoms with van der Waals surface area (Å²) in [6.07, 6.45) is 87.4. The monoisotopic (exact) mass is 1090 g/mol. The van der Waals surface area contributed by atoms with E-state index in [1.165, 1.54) is 199 Å². The highest BCUT2D eigenvalue weighted by atomic mass is 16.6. The lowest BCUT2D eigenvalue weighted by molar-refractivity contribution is -0.167. The van der Waals surface area contributed by atoms with E-state index in [0.717, 1.165) is 96.3 Å². The van der Waals surface area contributed by atoms with E-state index in [0.29, 0.717) is 19.3 Å². The molecular weight excluding hydrogens is 961 g/mol. The number of unbranched alkanes of at least 4 members (excludes halogenated alkanes) is 36. The van der Waals surface area contributed by atoms with E-state index >= 15 is 0 Å². The predicted molar refractivity (Wildman–Crippen MR) is 339 cm³/mol. The molecule has 0 saturated carbocycles. The van der Waals surface area contributed by atoms with Gasteiger partial charge in [0.25, 0.3) is 0 Å². The summed E-state index contributed by atoms with van der Waals surface area (Å²) in [5, 5.41) is 0. The first-order valence-corrected chi connectivity index (χ1v) is 33.6. The number of esters is 3. The summed E-state index contributed by atoms with van der Waals surface area (Å²) in [7, 11) is 0. The molecule has 0 fully saturated rings. The van der Waals surface area contributed by atoms with Crippen molar-refractivity contribution < 1.29 is 28.6 Å². The quantitative estimate of drug-likeness (QED) is 0.0261. The minimum atomic E-state index is -0.782. The highest BCUT2D eigenvalue weighted by molar-refractivity contribution is 5.71. The maximum absolute atomic E-state index is 12.9. The standard InChI is InChI=1S/C72H126O6/c1-4-7-10-13-16-19-22-25-27-29-31-33-35-36-38-39-41-43-45-47-50-53-56-59-62-65-71(74)77-68-69(67-76-70(73)64-61-58-55-52-49-24-21-18-15-12-9-6-3)78-72(75)66-63-60-57-54-51-48-46-44-42-40-37-34-32-30-28-26-23-20-17-14-11-8-5-2/h7,10,16,18-19,21,23,25-27,30-33,69H,4-6,8-9,11-15,17,20,22,24,28-29,34-68H2,1-3H3/b10-7-,19-16-,21-18-,26-23-,27-25-,32-30-,33-31-. The summed E-state index contributed by atoms with van der Waals surface area (Å²) in [5.74, 6) is -0.878. The third-order valence-corrected chi connectivity index (χ3v) is 14.6. The molecule has 0 aromatic rings. The van der Waals surface area contributed by atoms with Gasteiger partial charge in [-0.3, -0.25) is 14.4 Å². The Labute approximate surface area is 484 Å². The van der Waals surface area contributed by atoms with Crippen molar-refractivity contribution in [1.29, 1.82) is 0 Å². The molecule has 0 saturated heterocycles. The summed E-state index contributed by atoms with van der Waals surface area (Å²) in [4.78, 5) is 38.3. The largest absolute Gasteiger partial charge is 0.462 e. The zero-order valence-corrected chi connectivity index (χ0v) is 51.7. The maximum atomic E-state index is 12.9. The van der Waals surface area contributed by atoms with Crippen LogP contribution >= 0.6 is 0 Å². The Hall–Kier alpha value is -3.41. The number of hydrogen-bond donors (Lipinski definition) is 0. The van der Waals surface area contributed by atoms with Crippen molar-refractivity contribution in [2.24, 2.45) is 0 Å². The molecule has 0 aromatic heterocycles. The second kappa shape index (κ2) is 66.1. The number of carbonyl (C=O) groups is 3. The molecule has 0 rings (SSSR count). The first-order chi connectivity index (χ1) is 38.5. The zero-order chi connectivity index (χ0) is 56.4. The van der Waals surface area contributed by atoms with Gasteiger partial charge in [-0.25, -0.2) is 0 Å². The first-order valence-electron chi connectivity index (χ1n) is 33.6. The van der Waals surface area contributed by atoms with Gasteiger partial charge in [0.1, 0.15) is 13.2 Å². The van der Waals surface area contributed by atoms with Crippen LogP contribution in [0.15, 0.2) is 85.1 Å². The van der Waals surface area contributed by atoms with E-state index < -0.39 is 6.10 Å². The molecule has 6 heteroatoms. The van der Waals surface area contributed by atoms with Crippen LogP contribution in [0, 0.1) is 0 Å². The molecule has 0 aliphatic heterocycles. The Morgan fingerprint density at radius 2 is 0.500 bits per heavy atom. The molecule has 0 spiro atoms. The summed E-state index contributed by atoms with van der Waals surface area (Å²) in [6, 6.07) is 0. The Balaban J connectivity index is 4.28. The summed E-state index contributed by atoms with van der Waals surface area (Å²) >= 11 is 0. The van der Waals surface area contributed by atoms with Crippen molar-refractivity contribution in [3.63, 3.8) is 0 Å². The highest BCUT2D eigenvalue weighted by Crippen LogP contribution is 2.17. The molecule has 450 valence electrons. The summed E-state index contributed by atoms with van der Waals surface area (Å²) in [5.41, 5.74) is 0. The van der Waals surface area contributed by atoms with Gasteiger partial charge in [0, 0.05) is 19.3 Å². The number of hydrogen-bond acceptors (Lipinski definition) is 6. The van der Waals surface area contributed by atoms with Gasteiger partial charge >= 0.3 is 17.9 Å². The third kappa shape index (κ3) is 63.4. The smallest absolute Gasteiger partial charge is 0.306 e. The molecule has 6 nitrogen and oxygen atoms in total. The van der Waals surface area contributed by atoms with Gasteiger partial charge in [-0.05, 0) is 116 Å². The molecule has 0 aliphatic rings. The Bertz CT molecular complexity index is 1480. The van der Waals surface area contributed by atoms with Crippen molar-refractivity contribution in [1.82, 2.24) is 0 Å². The van der Waals surface area contributed by atoms with E-state index in [1.54, 1.807) is 0 Å². The van der Waals surface area contributed by atoms with E-state index in [4.69, 9.17) is 14.2 Å². The molecule has 0 amide bonds. The van der Waals surface area contributed by atoms with Crippen LogP contribution in [0.4, 0.5) is 0 Å². The molecular formula is C72H126O6. The average molecular weight is 1090 g/mol. The molecule has 0 heterocycles. The van der Waals surface area contributed by atoms with E-state index in [-0.39, 0.29) is 31.1 Å². The van der Waals surface area contributed by atoms with Crippen LogP contribution in [0.25, 0.3) is 0 Å². The molecule has 0 aromatic carbocycles. The highest BCUT2D eigenvalue weighted by Gasteiger charge is 2.19. The fraction of sp³-hybridized carbons (Fsp3) is 0.764. The Morgan fingerprint density at radius 1 is 0.269 bits per heavy atom. The number of allylic oxidation sites excluding steroid dienone is 14. The molecule has 0 N–H and O–H groups in total. The Kier molecular flexibility index (Phi) is 63.2. The lowest BCUT2D eigenvalue weighted by Crippen LogP contribution is -2.30. The van der Waals surface area contributed by atoms with Gasteiger partial charge in [0.15, 0.2) is 6.10 Å². The van der Waals surface area contributed by atoms with Crippen molar-refractivity contribution >= 4 is 17.9 Å². The van der Waals surface area contributed by atoms with Crippen molar-refractivity contribution in [3.05, 3.63) is 85.1 Å². The molecule has 78 heavy (non-hydrogen) atoms. The maximum Gasteiger partial charge on any atom is 0.306 e. The normalized spacial score (nSPS) is 12.6. The van der Waals surface area contributed by atoms with Crippen LogP contribution in [0.2, 0.25) is 0 Å². The van der Waals surface area contributed by atoms with Gasteiger partial charge < -0.3 is 14.2 Å². The van der Waals surface area contributed by atoms with Crippen LogP contribution in [-0.2, 0) is 28.6 Å². The third-order valence-electron chi connectivity index (χ3n) is 14.6. The number of carbonyl (C=O) groups excluding carboxylic acids is 3. The van der Waals surface area contributed by atoms with Crippen LogP contribution in [0.5, 0.6) is 0 Å². The molecule has 1 atom stereocenters. The van der Waals surface area contributed by atoms with Crippen molar-refractivity contribution in [2.75, 3.05) is 13.2 Å². The predicted octanol–water partition coefficient (Wildman–Crippen LogP) is 23.1. The lowest BCUT2D eigenvalue weighted by Gasteiger charge is -2.18. The minimum Gasteiger partial charge on any atom is -0.462 e. The second-order valence-electron chi connectivity index (χ2n) is 22.3. The number of rotatable bonds is 61. The minimum absolute atomic E-state index is 0.0789. The molecule has 1 unspecified atom stereocenters. The number of ether oxygens (including phenoxy) is 3. The SMILES string of the molecule is CC/C=C\C/C=C\C/C=C\C/C=C\CCCCCCCCCCCCCCC(=O)OCC(COC(=O)CCCCCCC/C=C\CCCCC)OC(=O)CCCCCCCCCCCCC/C=C\C/C=C\CCCCCCC. The van der Waals surface area contributed by atoms with Gasteiger partial charge in [-0.2, -0.15) is 0 Å². The fourth-order valence-corrected chi connectivity index (χ4v) is 9.58. The van der Waals surface area contributed by atoms with Crippen LogP contribution in [0.1, 0.15) is 335 Å². The Morgan fingerprint density at radius 3 is 0.821 bits per heavy atom. The van der Waals surface area contributed by atoms with E-state index in [9.17, 15) is 14.4 Å². The molecule has 0 aliphatic carbocycles.